The monoisotopic (exact) mass is 325 g/mol. The summed E-state index contributed by atoms with van der Waals surface area (Å²) in [5, 5.41) is 13.7. The molecule has 0 aliphatic heterocycles. The lowest BCUT2D eigenvalue weighted by Crippen LogP contribution is -2.36. The molecule has 7 heteroatoms. The number of rotatable bonds is 6. The zero-order valence-electron chi connectivity index (χ0n) is 10.8. The van der Waals surface area contributed by atoms with Crippen LogP contribution in [-0.2, 0) is 9.59 Å². The largest absolute Gasteiger partial charge is 0.482 e. The number of carboxylic acids is 1. The number of nitrogens with one attached hydrogen (secondary N) is 1. The molecule has 0 aliphatic rings. The van der Waals surface area contributed by atoms with Gasteiger partial charge in [0.05, 0.1) is 5.02 Å². The minimum absolute atomic E-state index is 0.307. The van der Waals surface area contributed by atoms with Gasteiger partial charge in [0.1, 0.15) is 5.75 Å². The summed E-state index contributed by atoms with van der Waals surface area (Å²) >= 11 is 7.16. The fourth-order valence-corrected chi connectivity index (χ4v) is 2.58. The third kappa shape index (κ3) is 4.21. The average molecular weight is 326 g/mol. The van der Waals surface area contributed by atoms with Gasteiger partial charge in [0.2, 0.25) is 0 Å². The summed E-state index contributed by atoms with van der Waals surface area (Å²) in [7, 11) is 0. The fourth-order valence-electron chi connectivity index (χ4n) is 1.62. The average Bonchev–Trinajstić information content (AvgIpc) is 2.97. The molecular weight excluding hydrogens is 314 g/mol. The van der Waals surface area contributed by atoms with Gasteiger partial charge in [-0.1, -0.05) is 29.8 Å². The lowest BCUT2D eigenvalue weighted by Gasteiger charge is -2.13. The van der Waals surface area contributed by atoms with Gasteiger partial charge >= 0.3 is 5.97 Å². The van der Waals surface area contributed by atoms with E-state index in [9.17, 15) is 9.59 Å². The molecule has 1 amide bonds. The number of para-hydroxylation sites is 1. The Morgan fingerprint density at radius 1 is 1.29 bits per heavy atom. The Balaban J connectivity index is 1.94. The predicted octanol–water partition coefficient (Wildman–Crippen LogP) is 2.72. The molecule has 110 valence electrons. The maximum absolute atomic E-state index is 11.8. The van der Waals surface area contributed by atoms with Crippen molar-refractivity contribution in [3.63, 3.8) is 0 Å². The van der Waals surface area contributed by atoms with Crippen molar-refractivity contribution in [2.45, 2.75) is 6.04 Å². The van der Waals surface area contributed by atoms with Crippen LogP contribution in [0.25, 0.3) is 0 Å². The molecule has 0 fully saturated rings. The minimum atomic E-state index is -1.12. The second-order valence-corrected chi connectivity index (χ2v) is 5.46. The van der Waals surface area contributed by atoms with Crippen LogP contribution in [0.1, 0.15) is 10.9 Å². The number of amides is 1. The number of ether oxygens (including phenoxy) is 1. The van der Waals surface area contributed by atoms with Gasteiger partial charge < -0.3 is 15.2 Å². The van der Waals surface area contributed by atoms with E-state index in [-0.39, 0.29) is 6.61 Å². The van der Waals surface area contributed by atoms with Gasteiger partial charge in [-0.2, -0.15) is 0 Å². The summed E-state index contributed by atoms with van der Waals surface area (Å²) in [4.78, 5) is 23.5. The van der Waals surface area contributed by atoms with Crippen molar-refractivity contribution in [1.29, 1.82) is 0 Å². The second kappa shape index (κ2) is 7.10. The van der Waals surface area contributed by atoms with Gasteiger partial charge in [0, 0.05) is 4.88 Å². The smallest absolute Gasteiger partial charge is 0.331 e. The molecule has 0 spiro atoms. The normalized spacial score (nSPS) is 11.7. The van der Waals surface area contributed by atoms with Crippen molar-refractivity contribution in [1.82, 2.24) is 5.32 Å². The lowest BCUT2D eigenvalue weighted by atomic mass is 10.2. The van der Waals surface area contributed by atoms with E-state index in [2.05, 4.69) is 5.32 Å². The van der Waals surface area contributed by atoms with Gasteiger partial charge in [-0.3, -0.25) is 4.79 Å². The number of benzene rings is 1. The maximum Gasteiger partial charge on any atom is 0.331 e. The Morgan fingerprint density at radius 2 is 2.05 bits per heavy atom. The minimum Gasteiger partial charge on any atom is -0.482 e. The van der Waals surface area contributed by atoms with Crippen LogP contribution in [0.5, 0.6) is 5.75 Å². The molecule has 2 aromatic rings. The van der Waals surface area contributed by atoms with E-state index < -0.39 is 17.9 Å². The molecule has 2 rings (SSSR count). The molecule has 0 aliphatic carbocycles. The van der Waals surface area contributed by atoms with E-state index in [4.69, 9.17) is 21.4 Å². The Hall–Kier alpha value is -2.05. The Kier molecular flexibility index (Phi) is 5.19. The van der Waals surface area contributed by atoms with Crippen LogP contribution in [0.15, 0.2) is 41.8 Å². The standard InChI is InChI=1S/C14H12ClNO4S/c15-9-4-1-2-5-10(9)20-8-12(17)16-13(14(18)19)11-6-3-7-21-11/h1-7,13H,8H2,(H,16,17)(H,18,19). The number of thiophene rings is 1. The van der Waals surface area contributed by atoms with Gasteiger partial charge in [0.25, 0.3) is 5.91 Å². The van der Waals surface area contributed by atoms with Crippen LogP contribution < -0.4 is 10.1 Å². The van der Waals surface area contributed by atoms with E-state index in [0.717, 1.165) is 0 Å². The molecule has 1 atom stereocenters. The molecule has 2 N–H and O–H groups in total. The predicted molar refractivity (Wildman–Crippen MR) is 79.8 cm³/mol. The van der Waals surface area contributed by atoms with E-state index in [1.807, 2.05) is 0 Å². The summed E-state index contributed by atoms with van der Waals surface area (Å²) < 4.78 is 5.26. The summed E-state index contributed by atoms with van der Waals surface area (Å²) in [6.45, 7) is -0.307. The lowest BCUT2D eigenvalue weighted by molar-refractivity contribution is -0.142. The van der Waals surface area contributed by atoms with Crippen molar-refractivity contribution in [3.05, 3.63) is 51.7 Å². The van der Waals surface area contributed by atoms with E-state index in [1.165, 1.54) is 11.3 Å². The van der Waals surface area contributed by atoms with E-state index in [0.29, 0.717) is 15.6 Å². The van der Waals surface area contributed by atoms with Gasteiger partial charge in [-0.15, -0.1) is 11.3 Å². The van der Waals surface area contributed by atoms with Crippen LogP contribution in [0.2, 0.25) is 5.02 Å². The zero-order chi connectivity index (χ0) is 15.2. The Labute approximate surface area is 130 Å². The number of carboxylic acid groups (broad SMARTS) is 1. The first-order valence-corrected chi connectivity index (χ1v) is 7.26. The highest BCUT2D eigenvalue weighted by Crippen LogP contribution is 2.23. The fraction of sp³-hybridized carbons (Fsp3) is 0.143. The topological polar surface area (TPSA) is 75.6 Å². The first-order chi connectivity index (χ1) is 10.1. The number of carbonyl (C=O) groups excluding carboxylic acids is 1. The van der Waals surface area contributed by atoms with Crippen LogP contribution >= 0.6 is 22.9 Å². The number of carbonyl (C=O) groups is 2. The third-order valence-corrected chi connectivity index (χ3v) is 3.82. The number of hydrogen-bond acceptors (Lipinski definition) is 4. The van der Waals surface area contributed by atoms with Crippen molar-refractivity contribution >= 4 is 34.8 Å². The third-order valence-electron chi connectivity index (χ3n) is 2.58. The molecule has 0 radical (unpaired) electrons. The van der Waals surface area contributed by atoms with Crippen molar-refractivity contribution in [3.8, 4) is 5.75 Å². The zero-order valence-corrected chi connectivity index (χ0v) is 12.4. The summed E-state index contributed by atoms with van der Waals surface area (Å²) in [5.74, 6) is -1.28. The number of aliphatic carboxylic acids is 1. The summed E-state index contributed by atoms with van der Waals surface area (Å²) in [6.07, 6.45) is 0. The highest BCUT2D eigenvalue weighted by Gasteiger charge is 2.23. The number of halogens is 1. The highest BCUT2D eigenvalue weighted by molar-refractivity contribution is 7.10. The van der Waals surface area contributed by atoms with Crippen molar-refractivity contribution < 1.29 is 19.4 Å². The SMILES string of the molecule is O=C(COc1ccccc1Cl)NC(C(=O)O)c1cccs1. The first-order valence-electron chi connectivity index (χ1n) is 6.01. The van der Waals surface area contributed by atoms with Crippen molar-refractivity contribution in [2.24, 2.45) is 0 Å². The maximum atomic E-state index is 11.8. The number of hydrogen-bond donors (Lipinski definition) is 2. The van der Waals surface area contributed by atoms with Crippen LogP contribution in [0, 0.1) is 0 Å². The molecular formula is C14H12ClNO4S. The molecule has 21 heavy (non-hydrogen) atoms. The van der Waals surface area contributed by atoms with Gasteiger partial charge in [-0.05, 0) is 23.6 Å². The van der Waals surface area contributed by atoms with Gasteiger partial charge in [-0.25, -0.2) is 4.79 Å². The van der Waals surface area contributed by atoms with E-state index >= 15 is 0 Å². The molecule has 1 heterocycles. The molecule has 5 nitrogen and oxygen atoms in total. The van der Waals surface area contributed by atoms with Crippen molar-refractivity contribution in [2.75, 3.05) is 6.61 Å². The summed E-state index contributed by atoms with van der Waals surface area (Å²) in [6, 6.07) is 9.04. The molecule has 1 aromatic carbocycles. The Bertz CT molecular complexity index is 630. The molecule has 0 saturated carbocycles. The van der Waals surface area contributed by atoms with E-state index in [1.54, 1.807) is 41.8 Å². The van der Waals surface area contributed by atoms with Gasteiger partial charge in [0.15, 0.2) is 12.6 Å². The van der Waals surface area contributed by atoms with Crippen LogP contribution in [0.3, 0.4) is 0 Å². The summed E-state index contributed by atoms with van der Waals surface area (Å²) in [5.41, 5.74) is 0. The molecule has 0 bridgehead atoms. The molecule has 1 unspecified atom stereocenters. The molecule has 0 saturated heterocycles. The van der Waals surface area contributed by atoms with Crippen LogP contribution in [0.4, 0.5) is 0 Å². The first kappa shape index (κ1) is 15.3. The van der Waals surface area contributed by atoms with Crippen LogP contribution in [-0.4, -0.2) is 23.6 Å². The highest BCUT2D eigenvalue weighted by atomic mass is 35.5. The Morgan fingerprint density at radius 3 is 2.67 bits per heavy atom. The molecule has 1 aromatic heterocycles. The second-order valence-electron chi connectivity index (χ2n) is 4.07. The quantitative estimate of drug-likeness (QED) is 0.856.